The maximum absolute atomic E-state index is 13.6. The van der Waals surface area contributed by atoms with E-state index in [1.807, 2.05) is 0 Å². The summed E-state index contributed by atoms with van der Waals surface area (Å²) in [5.74, 6) is -2.42. The van der Waals surface area contributed by atoms with Crippen LogP contribution >= 0.6 is 15.9 Å². The lowest BCUT2D eigenvalue weighted by Gasteiger charge is -2.07. The molecule has 0 N–H and O–H groups in total. The van der Waals surface area contributed by atoms with Crippen LogP contribution in [0.4, 0.5) is 14.5 Å². The first kappa shape index (κ1) is 14.3. The molecule has 20 heavy (non-hydrogen) atoms. The van der Waals surface area contributed by atoms with Crippen LogP contribution in [0, 0.1) is 28.7 Å². The van der Waals surface area contributed by atoms with E-state index in [1.165, 1.54) is 6.07 Å². The highest BCUT2D eigenvalue weighted by atomic mass is 79.9. The van der Waals surface area contributed by atoms with Crippen LogP contribution in [0.1, 0.15) is 5.82 Å². The van der Waals surface area contributed by atoms with Crippen LogP contribution in [-0.4, -0.2) is 14.9 Å². The smallest absolute Gasteiger partial charge is 0.307 e. The SMILES string of the molecule is Cc1nc(Br)cc(Oc2cc(F)c([N+](=O)[O-])cc2F)n1. The average molecular weight is 346 g/mol. The monoisotopic (exact) mass is 345 g/mol. The van der Waals surface area contributed by atoms with Crippen LogP contribution in [0.5, 0.6) is 11.6 Å². The van der Waals surface area contributed by atoms with Gasteiger partial charge in [-0.05, 0) is 22.9 Å². The van der Waals surface area contributed by atoms with Crippen LogP contribution in [-0.2, 0) is 0 Å². The van der Waals surface area contributed by atoms with E-state index in [4.69, 9.17) is 4.74 Å². The third-order valence-corrected chi connectivity index (χ3v) is 2.60. The van der Waals surface area contributed by atoms with Gasteiger partial charge in [0.15, 0.2) is 11.6 Å². The van der Waals surface area contributed by atoms with Crippen molar-refractivity contribution in [1.29, 1.82) is 0 Å². The number of ether oxygens (including phenoxy) is 1. The van der Waals surface area contributed by atoms with Gasteiger partial charge in [-0.25, -0.2) is 9.37 Å². The molecule has 0 aliphatic heterocycles. The summed E-state index contributed by atoms with van der Waals surface area (Å²) in [6.45, 7) is 1.59. The number of aromatic nitrogens is 2. The minimum atomic E-state index is -1.20. The zero-order chi connectivity index (χ0) is 14.9. The summed E-state index contributed by atoms with van der Waals surface area (Å²) < 4.78 is 32.5. The lowest BCUT2D eigenvalue weighted by atomic mass is 10.3. The Morgan fingerprint density at radius 3 is 2.55 bits per heavy atom. The highest BCUT2D eigenvalue weighted by Gasteiger charge is 2.20. The molecule has 104 valence electrons. The molecule has 1 aromatic carbocycles. The van der Waals surface area contributed by atoms with Crippen molar-refractivity contribution in [3.8, 4) is 11.6 Å². The topological polar surface area (TPSA) is 78.2 Å². The first-order valence-corrected chi connectivity index (χ1v) is 5.98. The Labute approximate surface area is 119 Å². The van der Waals surface area contributed by atoms with Crippen molar-refractivity contribution in [2.45, 2.75) is 6.92 Å². The fourth-order valence-electron chi connectivity index (χ4n) is 1.41. The summed E-state index contributed by atoms with van der Waals surface area (Å²) >= 11 is 3.10. The molecule has 0 unspecified atom stereocenters. The molecule has 0 atom stereocenters. The average Bonchev–Trinajstić information content (AvgIpc) is 2.31. The van der Waals surface area contributed by atoms with Gasteiger partial charge in [-0.1, -0.05) is 0 Å². The number of halogens is 3. The Bertz CT molecular complexity index is 677. The number of hydrogen-bond acceptors (Lipinski definition) is 5. The van der Waals surface area contributed by atoms with E-state index in [0.29, 0.717) is 22.6 Å². The first-order valence-electron chi connectivity index (χ1n) is 5.19. The number of nitro groups is 1. The van der Waals surface area contributed by atoms with Gasteiger partial charge in [-0.2, -0.15) is 9.37 Å². The zero-order valence-electron chi connectivity index (χ0n) is 9.93. The Morgan fingerprint density at radius 2 is 1.95 bits per heavy atom. The molecule has 0 bridgehead atoms. The summed E-state index contributed by atoms with van der Waals surface area (Å²) in [7, 11) is 0. The minimum Gasteiger partial charge on any atom is -0.436 e. The van der Waals surface area contributed by atoms with Crippen molar-refractivity contribution in [3.63, 3.8) is 0 Å². The van der Waals surface area contributed by atoms with Crippen LogP contribution in [0.2, 0.25) is 0 Å². The van der Waals surface area contributed by atoms with Crippen molar-refractivity contribution in [2.75, 3.05) is 0 Å². The van der Waals surface area contributed by atoms with Crippen LogP contribution < -0.4 is 4.74 Å². The van der Waals surface area contributed by atoms with Crippen molar-refractivity contribution < 1.29 is 18.4 Å². The number of rotatable bonds is 3. The van der Waals surface area contributed by atoms with Gasteiger partial charge in [0, 0.05) is 12.1 Å². The van der Waals surface area contributed by atoms with Gasteiger partial charge in [-0.3, -0.25) is 10.1 Å². The molecule has 0 spiro atoms. The van der Waals surface area contributed by atoms with Gasteiger partial charge in [0.1, 0.15) is 10.4 Å². The van der Waals surface area contributed by atoms with Gasteiger partial charge in [0.2, 0.25) is 11.7 Å². The fraction of sp³-hybridized carbons (Fsp3) is 0.0909. The third-order valence-electron chi connectivity index (χ3n) is 2.20. The molecule has 1 aromatic heterocycles. The number of nitrogens with zero attached hydrogens (tertiary/aromatic N) is 3. The van der Waals surface area contributed by atoms with Crippen LogP contribution in [0.3, 0.4) is 0 Å². The van der Waals surface area contributed by atoms with Gasteiger partial charge < -0.3 is 4.74 Å². The molecule has 2 rings (SSSR count). The molecule has 0 radical (unpaired) electrons. The molecule has 1 heterocycles. The summed E-state index contributed by atoms with van der Waals surface area (Å²) in [6.07, 6.45) is 0. The summed E-state index contributed by atoms with van der Waals surface area (Å²) in [6, 6.07) is 2.40. The Hall–Kier alpha value is -2.16. The van der Waals surface area contributed by atoms with Gasteiger partial charge in [0.05, 0.1) is 11.0 Å². The molecule has 9 heteroatoms. The largest absolute Gasteiger partial charge is 0.436 e. The second-order valence-corrected chi connectivity index (χ2v) is 4.48. The Kier molecular flexibility index (Phi) is 3.89. The summed E-state index contributed by atoms with van der Waals surface area (Å²) in [5.41, 5.74) is -0.963. The quantitative estimate of drug-likeness (QED) is 0.483. The second kappa shape index (κ2) is 5.45. The molecule has 0 fully saturated rings. The molecule has 0 amide bonds. The van der Waals surface area contributed by atoms with Crippen molar-refractivity contribution >= 4 is 21.6 Å². The van der Waals surface area contributed by atoms with E-state index in [9.17, 15) is 18.9 Å². The zero-order valence-corrected chi connectivity index (χ0v) is 11.5. The number of aryl methyl sites for hydroxylation is 1. The highest BCUT2D eigenvalue weighted by molar-refractivity contribution is 9.10. The van der Waals surface area contributed by atoms with Gasteiger partial charge in [-0.15, -0.1) is 0 Å². The summed E-state index contributed by atoms with van der Waals surface area (Å²) in [5, 5.41) is 10.5. The lowest BCUT2D eigenvalue weighted by molar-refractivity contribution is -0.387. The van der Waals surface area contributed by atoms with Crippen LogP contribution in [0.25, 0.3) is 0 Å². The van der Waals surface area contributed by atoms with Gasteiger partial charge >= 0.3 is 5.69 Å². The molecule has 0 saturated carbocycles. The van der Waals surface area contributed by atoms with Gasteiger partial charge in [0.25, 0.3) is 0 Å². The van der Waals surface area contributed by atoms with E-state index in [0.717, 1.165) is 0 Å². The Balaban J connectivity index is 2.39. The first-order chi connectivity index (χ1) is 9.36. The molecule has 6 nitrogen and oxygen atoms in total. The van der Waals surface area contributed by atoms with E-state index in [1.54, 1.807) is 6.92 Å². The summed E-state index contributed by atoms with van der Waals surface area (Å²) in [4.78, 5) is 17.2. The maximum Gasteiger partial charge on any atom is 0.307 e. The highest BCUT2D eigenvalue weighted by Crippen LogP contribution is 2.29. The molecular weight excluding hydrogens is 340 g/mol. The van der Waals surface area contributed by atoms with E-state index >= 15 is 0 Å². The van der Waals surface area contributed by atoms with E-state index < -0.39 is 28.0 Å². The number of hydrogen-bond donors (Lipinski definition) is 0. The molecular formula is C11H6BrF2N3O3. The van der Waals surface area contributed by atoms with Crippen molar-refractivity contribution in [3.05, 3.63) is 50.4 Å². The lowest BCUT2D eigenvalue weighted by Crippen LogP contribution is -1.98. The van der Waals surface area contributed by atoms with E-state index in [-0.39, 0.29) is 5.88 Å². The predicted molar refractivity (Wildman–Crippen MR) is 67.6 cm³/mol. The predicted octanol–water partition coefficient (Wildman–Crippen LogP) is 3.53. The molecule has 0 aliphatic rings. The number of benzene rings is 1. The van der Waals surface area contributed by atoms with E-state index in [2.05, 4.69) is 25.9 Å². The Morgan fingerprint density at radius 1 is 1.25 bits per heavy atom. The molecule has 0 aliphatic carbocycles. The normalized spacial score (nSPS) is 10.4. The molecule has 0 saturated heterocycles. The van der Waals surface area contributed by atoms with Crippen molar-refractivity contribution in [2.24, 2.45) is 0 Å². The van der Waals surface area contributed by atoms with Crippen LogP contribution in [0.15, 0.2) is 22.8 Å². The minimum absolute atomic E-state index is 0.0171. The standard InChI is InChI=1S/C11H6BrF2N3O3/c1-5-15-10(12)4-11(16-5)20-9-3-6(13)8(17(18)19)2-7(9)14/h2-4H,1H3. The number of nitro benzene ring substituents is 1. The third kappa shape index (κ3) is 3.05. The maximum atomic E-state index is 13.6. The second-order valence-electron chi connectivity index (χ2n) is 3.67. The van der Waals surface area contributed by atoms with Crippen molar-refractivity contribution in [1.82, 2.24) is 9.97 Å². The fourth-order valence-corrected chi connectivity index (χ4v) is 1.86. The molecule has 2 aromatic rings.